The maximum atomic E-state index is 7.07. The van der Waals surface area contributed by atoms with Crippen LogP contribution in [0.15, 0.2) is 241 Å². The van der Waals surface area contributed by atoms with Gasteiger partial charge in [0.1, 0.15) is 11.2 Å². The fourth-order valence-electron chi connectivity index (χ4n) is 13.2. The molecule has 0 bridgehead atoms. The Labute approximate surface area is 414 Å². The highest BCUT2D eigenvalue weighted by Crippen LogP contribution is 2.52. The van der Waals surface area contributed by atoms with Gasteiger partial charge in [-0.2, -0.15) is 0 Å². The van der Waals surface area contributed by atoms with E-state index >= 15 is 0 Å². The molecule has 0 amide bonds. The van der Waals surface area contributed by atoms with Crippen LogP contribution in [-0.4, -0.2) is 11.3 Å². The highest BCUT2D eigenvalue weighted by Gasteiger charge is 2.45. The molecule has 3 nitrogen and oxygen atoms in total. The van der Waals surface area contributed by atoms with E-state index in [0.29, 0.717) is 0 Å². The van der Waals surface area contributed by atoms with Gasteiger partial charge in [0.05, 0.1) is 0 Å². The number of para-hydroxylation sites is 2. The largest absolute Gasteiger partial charge is 0.456 e. The van der Waals surface area contributed by atoms with Crippen LogP contribution in [0, 0.1) is 0 Å². The zero-order valence-electron chi connectivity index (χ0n) is 38.9. The van der Waals surface area contributed by atoms with Crippen molar-refractivity contribution >= 4 is 132 Å². The highest BCUT2D eigenvalue weighted by atomic mass is 16.3. The molecule has 0 N–H and O–H groups in total. The molecule has 0 atom stereocenters. The van der Waals surface area contributed by atoms with Crippen molar-refractivity contribution < 1.29 is 4.42 Å². The lowest BCUT2D eigenvalue weighted by Crippen LogP contribution is -2.56. The predicted molar refractivity (Wildman–Crippen MR) is 306 cm³/mol. The van der Waals surface area contributed by atoms with Gasteiger partial charge in [0.2, 0.25) is 0 Å². The summed E-state index contributed by atoms with van der Waals surface area (Å²) in [6.07, 6.45) is 0. The minimum Gasteiger partial charge on any atom is -0.456 e. The highest BCUT2D eigenvalue weighted by molar-refractivity contribution is 6.90. The molecule has 2 aliphatic heterocycles. The van der Waals surface area contributed by atoms with Crippen LogP contribution in [0.4, 0.5) is 17.1 Å². The molecule has 0 saturated heterocycles. The number of fused-ring (bicyclic) bond motifs is 20. The van der Waals surface area contributed by atoms with Gasteiger partial charge >= 0.3 is 6.85 Å². The lowest BCUT2D eigenvalue weighted by atomic mass is 9.44. The van der Waals surface area contributed by atoms with Crippen LogP contribution >= 0.6 is 0 Å². The van der Waals surface area contributed by atoms with Crippen LogP contribution in [-0.2, 0) is 0 Å². The number of anilines is 3. The molecule has 15 aromatic rings. The van der Waals surface area contributed by atoms with Gasteiger partial charge in [-0.05, 0) is 147 Å². The summed E-state index contributed by atoms with van der Waals surface area (Å²) in [4.78, 5) is 2.58. The first kappa shape index (κ1) is 38.5. The number of benzene rings is 13. The molecule has 17 rings (SSSR count). The van der Waals surface area contributed by atoms with Crippen molar-refractivity contribution in [1.82, 2.24) is 4.48 Å². The fourth-order valence-corrected chi connectivity index (χ4v) is 13.2. The Morgan fingerprint density at radius 2 is 0.903 bits per heavy atom. The third-order valence-electron chi connectivity index (χ3n) is 16.2. The number of aromatic nitrogens is 1. The second-order valence-electron chi connectivity index (χ2n) is 19.9. The average molecular weight is 911 g/mol. The summed E-state index contributed by atoms with van der Waals surface area (Å²) >= 11 is 0. The molecular weight excluding hydrogens is 872 g/mol. The van der Waals surface area contributed by atoms with E-state index < -0.39 is 0 Å². The molecule has 4 heteroatoms. The smallest absolute Gasteiger partial charge is 0.333 e. The van der Waals surface area contributed by atoms with Crippen LogP contribution in [0.25, 0.3) is 131 Å². The Hall–Kier alpha value is -9.38. The molecule has 0 radical (unpaired) electrons. The van der Waals surface area contributed by atoms with Crippen molar-refractivity contribution in [3.8, 4) is 33.4 Å². The number of hydrogen-bond donors (Lipinski definition) is 0. The SMILES string of the molecule is c1ccc(-c2cc(-c3ccccc3)cc(N3c4cc5cc6c7ccccc7c7ccccc7c6cc5cc4B4c5c3cc3oc6ccccc6c3c5-c3cc5ccccc5c5c6ccccc6n4c35)c2)cc1. The molecule has 4 heterocycles. The maximum Gasteiger partial charge on any atom is 0.333 e. The Morgan fingerprint density at radius 3 is 1.58 bits per heavy atom. The fraction of sp³-hybridized carbons (Fsp3) is 0. The van der Waals surface area contributed by atoms with Crippen LogP contribution in [0.3, 0.4) is 0 Å². The normalized spacial score (nSPS) is 12.9. The van der Waals surface area contributed by atoms with E-state index in [-0.39, 0.29) is 6.85 Å². The van der Waals surface area contributed by atoms with E-state index in [1.165, 1.54) is 114 Å². The number of furan rings is 1. The summed E-state index contributed by atoms with van der Waals surface area (Å²) < 4.78 is 9.77. The Bertz CT molecular complexity index is 4820. The lowest BCUT2D eigenvalue weighted by molar-refractivity contribution is 0.669. The van der Waals surface area contributed by atoms with E-state index in [1.807, 2.05) is 0 Å². The zero-order valence-corrected chi connectivity index (χ0v) is 38.9. The molecule has 13 aromatic carbocycles. The van der Waals surface area contributed by atoms with E-state index in [0.717, 1.165) is 44.7 Å². The summed E-state index contributed by atoms with van der Waals surface area (Å²) in [5, 5.41) is 17.4. The molecule has 2 aliphatic rings. The van der Waals surface area contributed by atoms with Gasteiger partial charge in [0.25, 0.3) is 0 Å². The summed E-state index contributed by atoms with van der Waals surface area (Å²) in [6, 6.07) is 88.2. The van der Waals surface area contributed by atoms with Crippen molar-refractivity contribution in [3.05, 3.63) is 237 Å². The Kier molecular flexibility index (Phi) is 7.55. The van der Waals surface area contributed by atoms with Crippen LogP contribution < -0.4 is 15.8 Å². The average Bonchev–Trinajstić information content (AvgIpc) is 4.00. The van der Waals surface area contributed by atoms with Gasteiger partial charge in [-0.1, -0.05) is 176 Å². The van der Waals surface area contributed by atoms with E-state index in [2.05, 4.69) is 246 Å². The third-order valence-corrected chi connectivity index (χ3v) is 16.2. The van der Waals surface area contributed by atoms with Crippen LogP contribution in [0.5, 0.6) is 0 Å². The maximum absolute atomic E-state index is 7.07. The minimum absolute atomic E-state index is 0.172. The summed E-state index contributed by atoms with van der Waals surface area (Å²) in [6.45, 7) is -0.172. The van der Waals surface area contributed by atoms with Gasteiger partial charge < -0.3 is 13.8 Å². The van der Waals surface area contributed by atoms with E-state index in [4.69, 9.17) is 4.42 Å². The summed E-state index contributed by atoms with van der Waals surface area (Å²) in [5.74, 6) is 0. The second-order valence-corrected chi connectivity index (χ2v) is 19.9. The minimum atomic E-state index is -0.172. The molecule has 0 aliphatic carbocycles. The van der Waals surface area contributed by atoms with E-state index in [9.17, 15) is 0 Å². The summed E-state index contributed by atoms with van der Waals surface area (Å²) in [7, 11) is 0. The van der Waals surface area contributed by atoms with Gasteiger partial charge in [-0.15, -0.1) is 0 Å². The zero-order chi connectivity index (χ0) is 46.8. The van der Waals surface area contributed by atoms with Crippen molar-refractivity contribution in [1.29, 1.82) is 0 Å². The molecular formula is C68H39BN2O. The molecule has 0 unspecified atom stereocenters. The summed E-state index contributed by atoms with van der Waals surface area (Å²) in [5.41, 5.74) is 17.4. The number of rotatable bonds is 3. The monoisotopic (exact) mass is 910 g/mol. The van der Waals surface area contributed by atoms with Crippen molar-refractivity contribution in [2.45, 2.75) is 0 Å². The van der Waals surface area contributed by atoms with Crippen LogP contribution in [0.1, 0.15) is 0 Å². The molecule has 0 fully saturated rings. The first-order valence-corrected chi connectivity index (χ1v) is 25.0. The standard InChI is InChI=1S/C68H39BN2O/c1-3-17-40(18-4-1)43-31-44(41-19-5-2-6-20-41)33-47(32-43)70-60-38-46-36-56-52-26-12-10-24-50(52)49-23-9-11-25-51(49)55(56)35-45(46)37-58(60)69-67-61(70)39-63-65(54-28-14-16-30-62(54)72-63)66(67)57-34-42-21-7-8-22-48(42)64-53-27-13-15-29-59(53)71(69)68(57)64/h1-39H. The molecule has 2 aromatic heterocycles. The van der Waals surface area contributed by atoms with Gasteiger partial charge in [-0.25, -0.2) is 0 Å². The molecule has 330 valence electrons. The van der Waals surface area contributed by atoms with Crippen molar-refractivity contribution in [3.63, 3.8) is 0 Å². The predicted octanol–water partition coefficient (Wildman–Crippen LogP) is 17.2. The van der Waals surface area contributed by atoms with Gasteiger partial charge in [-0.3, -0.25) is 0 Å². The topological polar surface area (TPSA) is 21.3 Å². The third kappa shape index (κ3) is 5.10. The number of hydrogen-bond acceptors (Lipinski definition) is 2. The second kappa shape index (κ2) is 14.1. The first-order valence-electron chi connectivity index (χ1n) is 25.0. The molecule has 0 saturated carbocycles. The van der Waals surface area contributed by atoms with Crippen molar-refractivity contribution in [2.24, 2.45) is 0 Å². The van der Waals surface area contributed by atoms with E-state index in [1.54, 1.807) is 0 Å². The Morgan fingerprint density at radius 1 is 0.347 bits per heavy atom. The van der Waals surface area contributed by atoms with Crippen molar-refractivity contribution in [2.75, 3.05) is 4.90 Å². The number of nitrogens with zero attached hydrogens (tertiary/aromatic N) is 2. The first-order chi connectivity index (χ1) is 35.7. The molecule has 72 heavy (non-hydrogen) atoms. The lowest BCUT2D eigenvalue weighted by Gasteiger charge is -2.41. The quantitative estimate of drug-likeness (QED) is 0.100. The van der Waals surface area contributed by atoms with Gasteiger partial charge in [0, 0.05) is 61.3 Å². The Balaban J connectivity index is 1.08. The van der Waals surface area contributed by atoms with Gasteiger partial charge in [0.15, 0.2) is 0 Å². The van der Waals surface area contributed by atoms with Crippen LogP contribution in [0.2, 0.25) is 0 Å². The molecule has 0 spiro atoms.